The second kappa shape index (κ2) is 11.5. The Labute approximate surface area is 289 Å². The van der Waals surface area contributed by atoms with Gasteiger partial charge in [-0.25, -0.2) is 15.0 Å². The van der Waals surface area contributed by atoms with E-state index >= 15 is 0 Å². The monoisotopic (exact) mass is 635 g/mol. The minimum atomic E-state index is 0.692. The molecule has 0 bridgehead atoms. The molecular formula is C47H29N3. The van der Waals surface area contributed by atoms with Gasteiger partial charge in [-0.15, -0.1) is 0 Å². The van der Waals surface area contributed by atoms with Crippen molar-refractivity contribution in [3.63, 3.8) is 0 Å². The Balaban J connectivity index is 1.20. The minimum Gasteiger partial charge on any atom is -0.246 e. The zero-order valence-corrected chi connectivity index (χ0v) is 27.1. The predicted molar refractivity (Wildman–Crippen MR) is 209 cm³/mol. The first-order valence-electron chi connectivity index (χ1n) is 17.0. The molecule has 10 rings (SSSR count). The van der Waals surface area contributed by atoms with Crippen LogP contribution in [0.15, 0.2) is 176 Å². The summed E-state index contributed by atoms with van der Waals surface area (Å²) in [7, 11) is 0. The molecule has 8 aromatic carbocycles. The molecular weight excluding hydrogens is 607 g/mol. The van der Waals surface area contributed by atoms with Gasteiger partial charge in [0.1, 0.15) is 0 Å². The maximum Gasteiger partial charge on any atom is 0.160 e. The summed E-state index contributed by atoms with van der Waals surface area (Å²) in [4.78, 5) is 15.7. The van der Waals surface area contributed by atoms with Crippen molar-refractivity contribution in [2.75, 3.05) is 0 Å². The average molecular weight is 636 g/mol. The Hall–Kier alpha value is -6.71. The number of hydrogen-bond donors (Lipinski definition) is 0. The standard InChI is InChI=1S/C47H29N3/c1-3-14-31(15-4-1)41-29-42(32-16-5-2-6-17-32)49-47(48-41)34-25-23-33(24-26-34)45-40-22-12-11-21-38(40)44-37-20-10-9-19-36(37)39-28-27-30-13-7-8-18-35(30)43(39)46(44)50-45/h1-29H. The number of nitrogens with zero attached hydrogens (tertiary/aromatic N) is 3. The summed E-state index contributed by atoms with van der Waals surface area (Å²) < 4.78 is 0. The molecule has 3 nitrogen and oxygen atoms in total. The van der Waals surface area contributed by atoms with Gasteiger partial charge in [-0.2, -0.15) is 0 Å². The maximum absolute atomic E-state index is 5.58. The number of pyridine rings is 1. The minimum absolute atomic E-state index is 0.692. The van der Waals surface area contributed by atoms with E-state index in [1.54, 1.807) is 0 Å². The lowest BCUT2D eigenvalue weighted by atomic mass is 9.90. The average Bonchev–Trinajstić information content (AvgIpc) is 3.20. The van der Waals surface area contributed by atoms with Crippen molar-refractivity contribution in [3.8, 4) is 45.2 Å². The molecule has 50 heavy (non-hydrogen) atoms. The Morgan fingerprint density at radius 3 is 1.44 bits per heavy atom. The van der Waals surface area contributed by atoms with Crippen LogP contribution in [0.2, 0.25) is 0 Å². The maximum atomic E-state index is 5.58. The van der Waals surface area contributed by atoms with E-state index in [9.17, 15) is 0 Å². The summed E-state index contributed by atoms with van der Waals surface area (Å²) in [6.45, 7) is 0. The molecule has 0 saturated carbocycles. The summed E-state index contributed by atoms with van der Waals surface area (Å²) in [5, 5.41) is 10.8. The highest BCUT2D eigenvalue weighted by molar-refractivity contribution is 6.35. The van der Waals surface area contributed by atoms with E-state index in [0.717, 1.165) is 50.2 Å². The van der Waals surface area contributed by atoms with Gasteiger partial charge in [-0.3, -0.25) is 0 Å². The second-order valence-corrected chi connectivity index (χ2v) is 12.8. The van der Waals surface area contributed by atoms with Gasteiger partial charge in [0.2, 0.25) is 0 Å². The van der Waals surface area contributed by atoms with E-state index in [0.29, 0.717) is 5.82 Å². The summed E-state index contributed by atoms with van der Waals surface area (Å²) >= 11 is 0. The summed E-state index contributed by atoms with van der Waals surface area (Å²) in [6, 6.07) is 61.9. The van der Waals surface area contributed by atoms with E-state index in [1.807, 2.05) is 36.4 Å². The molecule has 10 aromatic rings. The molecule has 3 heteroatoms. The van der Waals surface area contributed by atoms with E-state index in [2.05, 4.69) is 140 Å². The Kier molecular flexibility index (Phi) is 6.49. The van der Waals surface area contributed by atoms with Crippen molar-refractivity contribution >= 4 is 54.0 Å². The fraction of sp³-hybridized carbons (Fsp3) is 0. The van der Waals surface area contributed by atoms with Crippen molar-refractivity contribution < 1.29 is 0 Å². The van der Waals surface area contributed by atoms with Gasteiger partial charge in [0.15, 0.2) is 5.82 Å². The Bertz CT molecular complexity index is 2820. The van der Waals surface area contributed by atoms with E-state index in [4.69, 9.17) is 15.0 Å². The lowest BCUT2D eigenvalue weighted by Crippen LogP contribution is -1.96. The van der Waals surface area contributed by atoms with Crippen LogP contribution in [0, 0.1) is 0 Å². The highest BCUT2D eigenvalue weighted by Crippen LogP contribution is 2.43. The molecule has 2 aromatic heterocycles. The highest BCUT2D eigenvalue weighted by atomic mass is 14.9. The number of benzene rings is 8. The highest BCUT2D eigenvalue weighted by Gasteiger charge is 2.18. The number of aromatic nitrogens is 3. The SMILES string of the molecule is c1ccc(-c2cc(-c3ccccc3)nc(-c3ccc(-c4nc5c6c7ccccc7ccc6c6ccccc6c5c5ccccc45)cc3)n2)cc1. The molecule has 0 fully saturated rings. The smallest absolute Gasteiger partial charge is 0.160 e. The molecule has 0 atom stereocenters. The number of hydrogen-bond acceptors (Lipinski definition) is 3. The van der Waals surface area contributed by atoms with E-state index in [-0.39, 0.29) is 0 Å². The fourth-order valence-electron chi connectivity index (χ4n) is 7.49. The predicted octanol–water partition coefficient (Wildman–Crippen LogP) is 12.3. The first-order valence-corrected chi connectivity index (χ1v) is 17.0. The molecule has 0 aliphatic heterocycles. The lowest BCUT2D eigenvalue weighted by Gasteiger charge is -2.16. The Morgan fingerprint density at radius 1 is 0.300 bits per heavy atom. The van der Waals surface area contributed by atoms with Gasteiger partial charge in [0.25, 0.3) is 0 Å². The number of fused-ring (bicyclic) bond motifs is 10. The second-order valence-electron chi connectivity index (χ2n) is 12.8. The van der Waals surface area contributed by atoms with Crippen LogP contribution < -0.4 is 0 Å². The van der Waals surface area contributed by atoms with Crippen LogP contribution in [-0.2, 0) is 0 Å². The normalized spacial score (nSPS) is 11.6. The van der Waals surface area contributed by atoms with Gasteiger partial charge < -0.3 is 0 Å². The van der Waals surface area contributed by atoms with Crippen LogP contribution in [0.5, 0.6) is 0 Å². The molecule has 0 aliphatic carbocycles. The van der Waals surface area contributed by atoms with Crippen molar-refractivity contribution in [3.05, 3.63) is 176 Å². The van der Waals surface area contributed by atoms with Crippen LogP contribution in [-0.4, -0.2) is 15.0 Å². The van der Waals surface area contributed by atoms with Crippen molar-refractivity contribution in [2.24, 2.45) is 0 Å². The molecule has 0 saturated heterocycles. The van der Waals surface area contributed by atoms with Gasteiger partial charge in [-0.05, 0) is 38.4 Å². The molecule has 232 valence electrons. The van der Waals surface area contributed by atoms with Crippen LogP contribution >= 0.6 is 0 Å². The summed E-state index contributed by atoms with van der Waals surface area (Å²) in [6.07, 6.45) is 0. The van der Waals surface area contributed by atoms with Crippen molar-refractivity contribution in [1.82, 2.24) is 15.0 Å². The van der Waals surface area contributed by atoms with Crippen LogP contribution in [0.1, 0.15) is 0 Å². The summed E-state index contributed by atoms with van der Waals surface area (Å²) in [5.41, 5.74) is 7.91. The summed E-state index contributed by atoms with van der Waals surface area (Å²) in [5.74, 6) is 0.692. The van der Waals surface area contributed by atoms with Gasteiger partial charge >= 0.3 is 0 Å². The molecule has 0 unspecified atom stereocenters. The van der Waals surface area contributed by atoms with Gasteiger partial charge in [0.05, 0.1) is 22.6 Å². The molecule has 0 spiro atoms. The van der Waals surface area contributed by atoms with Crippen molar-refractivity contribution in [1.29, 1.82) is 0 Å². The van der Waals surface area contributed by atoms with Gasteiger partial charge in [-0.1, -0.05) is 170 Å². The topological polar surface area (TPSA) is 38.7 Å². The van der Waals surface area contributed by atoms with Crippen LogP contribution in [0.4, 0.5) is 0 Å². The molecule has 0 amide bonds. The third kappa shape index (κ3) is 4.56. The van der Waals surface area contributed by atoms with Crippen LogP contribution in [0.3, 0.4) is 0 Å². The first kappa shape index (κ1) is 28.3. The number of rotatable bonds is 4. The lowest BCUT2D eigenvalue weighted by molar-refractivity contribution is 1.18. The van der Waals surface area contributed by atoms with E-state index in [1.165, 1.54) is 43.1 Å². The van der Waals surface area contributed by atoms with E-state index < -0.39 is 0 Å². The zero-order chi connectivity index (χ0) is 33.0. The Morgan fingerprint density at radius 2 is 0.780 bits per heavy atom. The van der Waals surface area contributed by atoms with Crippen LogP contribution in [0.25, 0.3) is 99.2 Å². The largest absolute Gasteiger partial charge is 0.246 e. The van der Waals surface area contributed by atoms with Crippen molar-refractivity contribution in [2.45, 2.75) is 0 Å². The zero-order valence-electron chi connectivity index (χ0n) is 27.1. The quantitative estimate of drug-likeness (QED) is 0.181. The molecule has 2 heterocycles. The van der Waals surface area contributed by atoms with Gasteiger partial charge in [0, 0.05) is 38.4 Å². The molecule has 0 aliphatic rings. The molecule has 0 radical (unpaired) electrons. The third-order valence-corrected chi connectivity index (χ3v) is 9.85. The third-order valence-electron chi connectivity index (χ3n) is 9.85. The fourth-order valence-corrected chi connectivity index (χ4v) is 7.49. The first-order chi connectivity index (χ1) is 24.8. The molecule has 0 N–H and O–H groups in total.